The normalized spacial score (nSPS) is 17.9. The first-order valence-electron chi connectivity index (χ1n) is 18.1. The van der Waals surface area contributed by atoms with Crippen molar-refractivity contribution in [3.63, 3.8) is 0 Å². The Morgan fingerprint density at radius 2 is 1.71 bits per heavy atom. The summed E-state index contributed by atoms with van der Waals surface area (Å²) in [6.07, 6.45) is -1.71. The maximum absolute atomic E-state index is 13.9. The molecule has 2 saturated heterocycles. The smallest absolute Gasteiger partial charge is 0.419 e. The van der Waals surface area contributed by atoms with Gasteiger partial charge in [-0.25, -0.2) is 18.4 Å². The zero-order chi connectivity index (χ0) is 42.4. The largest absolute Gasteiger partial charge is 0.483 e. The van der Waals surface area contributed by atoms with E-state index in [9.17, 15) is 50.7 Å². The van der Waals surface area contributed by atoms with Gasteiger partial charge in [0.2, 0.25) is 27.8 Å². The highest BCUT2D eigenvalue weighted by molar-refractivity contribution is 7.89. The lowest BCUT2D eigenvalue weighted by molar-refractivity contribution is -0.138. The predicted octanol–water partition coefficient (Wildman–Crippen LogP) is 2.19. The number of imide groups is 2. The first-order chi connectivity index (χ1) is 27.8. The zero-order valence-corrected chi connectivity index (χ0v) is 32.2. The summed E-state index contributed by atoms with van der Waals surface area (Å²) < 4.78 is 76.9. The molecule has 0 aliphatic carbocycles. The molecule has 1 atom stereocenters. The molecule has 7 rings (SSSR count). The number of sulfonamides is 1. The highest BCUT2D eigenvalue weighted by Gasteiger charge is 2.46. The van der Waals surface area contributed by atoms with Crippen LogP contribution in [-0.4, -0.2) is 121 Å². The van der Waals surface area contributed by atoms with Gasteiger partial charge in [-0.1, -0.05) is 6.07 Å². The topological polar surface area (TPSA) is 226 Å². The second-order valence-electron chi connectivity index (χ2n) is 14.5. The summed E-state index contributed by atoms with van der Waals surface area (Å²) in [6, 6.07) is 8.49. The molecule has 5 amide bonds. The zero-order valence-electron chi connectivity index (χ0n) is 31.4. The average Bonchev–Trinajstić information content (AvgIpc) is 3.74. The van der Waals surface area contributed by atoms with Crippen molar-refractivity contribution in [2.45, 2.75) is 55.9 Å². The summed E-state index contributed by atoms with van der Waals surface area (Å²) >= 11 is 0. The quantitative estimate of drug-likeness (QED) is 0.185. The molecule has 2 aromatic heterocycles. The van der Waals surface area contributed by atoms with Crippen molar-refractivity contribution >= 4 is 51.2 Å². The summed E-state index contributed by atoms with van der Waals surface area (Å²) in [5.41, 5.74) is -2.54. The number of nitrogens with zero attached hydrogens (tertiary/aromatic N) is 7. The molecule has 1 unspecified atom stereocenters. The molecule has 59 heavy (non-hydrogen) atoms. The van der Waals surface area contributed by atoms with Gasteiger partial charge in [-0.2, -0.15) is 22.6 Å². The molecule has 3 aliphatic heterocycles. The number of alkyl halides is 3. The average molecular weight is 840 g/mol. The number of ether oxygens (including phenoxy) is 1. The van der Waals surface area contributed by atoms with Crippen LogP contribution < -0.4 is 15.4 Å². The number of piperazine rings is 1. The van der Waals surface area contributed by atoms with Crippen molar-refractivity contribution in [2.24, 2.45) is 0 Å². The lowest BCUT2D eigenvalue weighted by Crippen LogP contribution is -2.54. The molecular formula is C37H36F3N9O9S. The van der Waals surface area contributed by atoms with E-state index in [4.69, 9.17) is 4.74 Å². The number of rotatable bonds is 11. The van der Waals surface area contributed by atoms with Gasteiger partial charge in [-0.3, -0.25) is 38.9 Å². The van der Waals surface area contributed by atoms with E-state index >= 15 is 0 Å². The molecular weight excluding hydrogens is 804 g/mol. The van der Waals surface area contributed by atoms with E-state index in [0.717, 1.165) is 4.90 Å². The molecule has 0 spiro atoms. The number of anilines is 2. The van der Waals surface area contributed by atoms with Gasteiger partial charge in [0, 0.05) is 56.2 Å². The number of piperidine rings is 1. The van der Waals surface area contributed by atoms with Gasteiger partial charge in [0.15, 0.2) is 6.61 Å². The van der Waals surface area contributed by atoms with Crippen LogP contribution in [0, 0.1) is 0 Å². The summed E-state index contributed by atoms with van der Waals surface area (Å²) in [6.45, 7) is 2.45. The summed E-state index contributed by atoms with van der Waals surface area (Å²) in [5, 5.41) is 19.0. The summed E-state index contributed by atoms with van der Waals surface area (Å²) in [4.78, 5) is 73.6. The van der Waals surface area contributed by atoms with Gasteiger partial charge in [-0.15, -0.1) is 0 Å². The number of halogens is 3. The van der Waals surface area contributed by atoms with Crippen LogP contribution >= 0.6 is 0 Å². The SMILES string of the molecule is CC(C)(O)Cn1cc(-c2nc(Nc3ccc(S(=O)(=O)N4CCN(C(=O)COc5cccc6c5C(=O)N(C5CCC(=O)NC5=O)C6=O)CC4)cc3)ncc2C(F)(F)F)cn1. The number of fused-ring (bicyclic) bond motifs is 1. The fourth-order valence-electron chi connectivity index (χ4n) is 6.84. The second-order valence-corrected chi connectivity index (χ2v) is 16.5. The minimum atomic E-state index is -4.79. The number of carbonyl (C=O) groups excluding carboxylic acids is 5. The molecule has 22 heteroatoms. The highest BCUT2D eigenvalue weighted by Crippen LogP contribution is 2.37. The number of aromatic nitrogens is 4. The molecule has 2 aromatic carbocycles. The third-order valence-corrected chi connectivity index (χ3v) is 11.6. The van der Waals surface area contributed by atoms with Crippen LogP contribution in [0.15, 0.2) is 66.0 Å². The van der Waals surface area contributed by atoms with E-state index in [1.807, 2.05) is 0 Å². The predicted molar refractivity (Wildman–Crippen MR) is 198 cm³/mol. The second kappa shape index (κ2) is 15.5. The van der Waals surface area contributed by atoms with Crippen molar-refractivity contribution in [1.29, 1.82) is 0 Å². The van der Waals surface area contributed by atoms with Gasteiger partial charge in [0.05, 0.1) is 40.1 Å². The molecule has 0 radical (unpaired) electrons. The lowest BCUT2D eigenvalue weighted by atomic mass is 10.0. The fourth-order valence-corrected chi connectivity index (χ4v) is 8.26. The van der Waals surface area contributed by atoms with Gasteiger partial charge < -0.3 is 20.1 Å². The van der Waals surface area contributed by atoms with Crippen LogP contribution in [0.2, 0.25) is 0 Å². The molecule has 0 bridgehead atoms. The molecule has 3 aliphatic rings. The fraction of sp³-hybridized carbons (Fsp3) is 0.351. The van der Waals surface area contributed by atoms with E-state index in [1.54, 1.807) is 0 Å². The van der Waals surface area contributed by atoms with Crippen LogP contribution in [0.5, 0.6) is 5.75 Å². The molecule has 18 nitrogen and oxygen atoms in total. The number of benzene rings is 2. The third kappa shape index (κ3) is 8.50. The minimum Gasteiger partial charge on any atom is -0.483 e. The van der Waals surface area contributed by atoms with Gasteiger partial charge in [0.25, 0.3) is 17.7 Å². The Morgan fingerprint density at radius 1 is 1.00 bits per heavy atom. The van der Waals surface area contributed by atoms with Crippen LogP contribution in [0.4, 0.5) is 24.8 Å². The first-order valence-corrected chi connectivity index (χ1v) is 19.6. The highest BCUT2D eigenvalue weighted by atomic mass is 32.2. The maximum atomic E-state index is 13.9. The van der Waals surface area contributed by atoms with E-state index in [0.29, 0.717) is 6.20 Å². The van der Waals surface area contributed by atoms with Crippen molar-refractivity contribution in [1.82, 2.24) is 39.2 Å². The monoisotopic (exact) mass is 839 g/mol. The Balaban J connectivity index is 0.958. The van der Waals surface area contributed by atoms with Crippen molar-refractivity contribution < 1.29 is 55.4 Å². The number of amides is 5. The van der Waals surface area contributed by atoms with Crippen LogP contribution in [0.1, 0.15) is 53.0 Å². The van der Waals surface area contributed by atoms with Crippen LogP contribution in [-0.2, 0) is 37.1 Å². The number of hydrogen-bond acceptors (Lipinski definition) is 13. The van der Waals surface area contributed by atoms with E-state index in [2.05, 4.69) is 25.7 Å². The van der Waals surface area contributed by atoms with E-state index in [-0.39, 0.29) is 84.5 Å². The molecule has 0 saturated carbocycles. The third-order valence-electron chi connectivity index (χ3n) is 9.67. The summed E-state index contributed by atoms with van der Waals surface area (Å²) in [7, 11) is -4.04. The molecule has 310 valence electrons. The number of hydrogen-bond donors (Lipinski definition) is 3. The van der Waals surface area contributed by atoms with Crippen molar-refractivity contribution in [2.75, 3.05) is 38.1 Å². The minimum absolute atomic E-state index is 0.0128. The van der Waals surface area contributed by atoms with Gasteiger partial charge >= 0.3 is 6.18 Å². The van der Waals surface area contributed by atoms with Crippen molar-refractivity contribution in [3.8, 4) is 17.0 Å². The standard InChI is InChI=1S/C37H36F3N9O9S/c1-36(2,55)20-47-18-21(16-42-47)31-25(37(38,39)40)17-41-35(45-31)43-22-6-8-23(9-7-22)59(56,57)48-14-12-46(13-15-48)29(51)19-58-27-5-3-4-24-30(27)34(54)49(33(24)53)26-10-11-28(50)44-32(26)52/h3-9,16-18,26,55H,10-15,19-20H2,1-2H3,(H,41,43,45)(H,44,50,52). The Kier molecular flexibility index (Phi) is 10.7. The van der Waals surface area contributed by atoms with E-state index in [1.165, 1.54) is 82.6 Å². The number of nitrogens with one attached hydrogen (secondary N) is 2. The molecule has 5 heterocycles. The van der Waals surface area contributed by atoms with Gasteiger partial charge in [0.1, 0.15) is 17.4 Å². The Morgan fingerprint density at radius 3 is 2.37 bits per heavy atom. The molecule has 4 aromatic rings. The number of aliphatic hydroxyl groups is 1. The molecule has 3 N–H and O–H groups in total. The Bertz CT molecular complexity index is 2460. The van der Waals surface area contributed by atoms with Gasteiger partial charge in [-0.05, 0) is 56.7 Å². The van der Waals surface area contributed by atoms with Crippen molar-refractivity contribution in [3.05, 3.63) is 77.7 Å². The number of carbonyl (C=O) groups is 5. The maximum Gasteiger partial charge on any atom is 0.419 e. The first kappa shape index (κ1) is 40.9. The lowest BCUT2D eigenvalue weighted by Gasteiger charge is -2.34. The van der Waals surface area contributed by atoms with E-state index < -0.39 is 75.2 Å². The Hall–Kier alpha value is -6.26. The van der Waals surface area contributed by atoms with Crippen LogP contribution in [0.25, 0.3) is 11.3 Å². The molecule has 2 fully saturated rings. The Labute approximate surface area is 334 Å². The van der Waals surface area contributed by atoms with Crippen LogP contribution in [0.3, 0.4) is 0 Å². The summed E-state index contributed by atoms with van der Waals surface area (Å²) in [5.74, 6) is -3.56.